The summed E-state index contributed by atoms with van der Waals surface area (Å²) in [4.78, 5) is 38.0. The van der Waals surface area contributed by atoms with E-state index in [1.807, 2.05) is 33.3 Å². The van der Waals surface area contributed by atoms with Crippen LogP contribution in [-0.2, 0) is 27.9 Å². The summed E-state index contributed by atoms with van der Waals surface area (Å²) < 4.78 is 30.9. The van der Waals surface area contributed by atoms with Gasteiger partial charge in [0.2, 0.25) is 5.91 Å². The maximum atomic E-state index is 13.7. The average molecular weight is 1300 g/mol. The molecule has 0 aromatic rings. The molecular weight excluding hydrogens is 1160 g/mol. The summed E-state index contributed by atoms with van der Waals surface area (Å²) >= 11 is 0. The number of phosphoric ester groups is 1. The molecule has 10 heteroatoms. The first-order chi connectivity index (χ1) is 44.9. The Kier molecular flexibility index (Phi) is 67.5. The van der Waals surface area contributed by atoms with Gasteiger partial charge in [-0.1, -0.05) is 322 Å². The molecule has 3 atom stereocenters. The van der Waals surface area contributed by atoms with Crippen LogP contribution in [0.2, 0.25) is 0 Å². The number of carbonyl (C=O) groups is 2. The third-order valence-electron chi connectivity index (χ3n) is 16.6. The van der Waals surface area contributed by atoms with Crippen LogP contribution in [0.25, 0.3) is 0 Å². The van der Waals surface area contributed by atoms with Crippen LogP contribution in [0, 0.1) is 0 Å². The number of hydrogen-bond acceptors (Lipinski definition) is 6. The van der Waals surface area contributed by atoms with Crippen molar-refractivity contribution in [1.29, 1.82) is 0 Å². The zero-order valence-corrected chi connectivity index (χ0v) is 61.7. The number of rotatable bonds is 69. The number of amides is 1. The lowest BCUT2D eigenvalue weighted by atomic mass is 10.0. The van der Waals surface area contributed by atoms with Crippen molar-refractivity contribution in [1.82, 2.24) is 5.32 Å². The van der Waals surface area contributed by atoms with Crippen LogP contribution in [0.1, 0.15) is 335 Å². The van der Waals surface area contributed by atoms with Gasteiger partial charge >= 0.3 is 13.8 Å². The molecule has 0 saturated heterocycles. The smallest absolute Gasteiger partial charge is 0.456 e. The summed E-state index contributed by atoms with van der Waals surface area (Å²) in [7, 11) is 1.49. The number of hydrogen-bond donors (Lipinski definition) is 2. The third-order valence-corrected chi connectivity index (χ3v) is 17.6. The first-order valence-electron chi connectivity index (χ1n) is 38.4. The van der Waals surface area contributed by atoms with E-state index >= 15 is 0 Å². The van der Waals surface area contributed by atoms with Crippen LogP contribution < -0.4 is 5.32 Å². The number of unbranched alkanes of at least 4 members (excludes halogenated alkanes) is 35. The molecule has 530 valence electrons. The number of phosphoric acid groups is 1. The molecule has 0 spiro atoms. The second-order valence-corrected chi connectivity index (χ2v) is 28.2. The summed E-state index contributed by atoms with van der Waals surface area (Å²) in [5.41, 5.74) is 0. The molecule has 0 aliphatic carbocycles. The predicted molar refractivity (Wildman–Crippen MR) is 401 cm³/mol. The molecule has 0 saturated carbocycles. The molecule has 92 heavy (non-hydrogen) atoms. The van der Waals surface area contributed by atoms with Crippen molar-refractivity contribution < 1.29 is 37.3 Å². The first-order valence-corrected chi connectivity index (χ1v) is 39.9. The van der Waals surface area contributed by atoms with Gasteiger partial charge in [0, 0.05) is 12.8 Å². The largest absolute Gasteiger partial charge is 0.472 e. The van der Waals surface area contributed by atoms with Crippen molar-refractivity contribution in [3.63, 3.8) is 0 Å². The topological polar surface area (TPSA) is 111 Å². The number of nitrogens with one attached hydrogen (secondary N) is 1. The molecular formula is C82H146N2O7P+. The lowest BCUT2D eigenvalue weighted by molar-refractivity contribution is -0.870. The zero-order chi connectivity index (χ0) is 67.0. The first kappa shape index (κ1) is 88.4. The van der Waals surface area contributed by atoms with Crippen LogP contribution in [0.5, 0.6) is 0 Å². The van der Waals surface area contributed by atoms with Gasteiger partial charge in [-0.25, -0.2) is 4.57 Å². The average Bonchev–Trinajstić information content (AvgIpc) is 3.69. The summed E-state index contributed by atoms with van der Waals surface area (Å²) in [5, 5.41) is 3.08. The highest BCUT2D eigenvalue weighted by Gasteiger charge is 2.30. The van der Waals surface area contributed by atoms with Crippen molar-refractivity contribution >= 4 is 19.7 Å². The van der Waals surface area contributed by atoms with Gasteiger partial charge in [0.05, 0.1) is 33.8 Å². The highest BCUT2D eigenvalue weighted by Crippen LogP contribution is 2.43. The fourth-order valence-electron chi connectivity index (χ4n) is 10.8. The third kappa shape index (κ3) is 70.7. The number of likely N-dealkylation sites (N-methyl/N-ethyl adjacent to an activating group) is 1. The minimum Gasteiger partial charge on any atom is -0.456 e. The van der Waals surface area contributed by atoms with Gasteiger partial charge in [-0.2, -0.15) is 0 Å². The molecule has 2 N–H and O–H groups in total. The lowest BCUT2D eigenvalue weighted by Gasteiger charge is -2.27. The Morgan fingerprint density at radius 2 is 0.696 bits per heavy atom. The standard InChI is InChI=1S/C82H145N2O7P/c1-7-10-13-16-19-22-25-28-30-32-34-36-38-40-42-44-46-48-50-52-54-56-59-62-65-68-71-74-81(85)83-79(78-90-92(87,88)89-77-76-84(4,5)6)80(73-70-67-64-61-58-27-24-21-18-15-12-9-3)91-82(86)75-72-69-66-63-60-57-55-53-51-49-47-45-43-41-39-37-35-33-31-29-26-23-20-17-14-11-8-2/h10,13,19-20,22-23,28-31,34-37,40-43,70,73,79-80H,7-9,11-12,14-18,21,24-27,32-33,38-39,44-69,71-72,74-78H2,1-6H3,(H-,83,85,87,88)/p+1/b13-10-,22-19-,23-20-,30-28-,31-29-,36-34-,37-35-,42-40-,43-41-,73-70+. The fraction of sp³-hybridized carbons (Fsp3) is 0.732. The molecule has 0 radical (unpaired) electrons. The van der Waals surface area contributed by atoms with Crippen LogP contribution in [0.3, 0.4) is 0 Å². The Labute approximate surface area is 569 Å². The van der Waals surface area contributed by atoms with Gasteiger partial charge in [0.1, 0.15) is 19.3 Å². The normalized spacial score (nSPS) is 14.1. The molecule has 0 aliphatic rings. The molecule has 0 aliphatic heterocycles. The van der Waals surface area contributed by atoms with E-state index in [4.69, 9.17) is 13.8 Å². The van der Waals surface area contributed by atoms with Gasteiger partial charge < -0.3 is 19.4 Å². The summed E-state index contributed by atoms with van der Waals surface area (Å²) in [6, 6.07) is -0.860. The molecule has 1 amide bonds. The number of nitrogens with zero attached hydrogens (tertiary/aromatic N) is 1. The zero-order valence-electron chi connectivity index (χ0n) is 60.8. The van der Waals surface area contributed by atoms with E-state index in [-0.39, 0.29) is 31.5 Å². The van der Waals surface area contributed by atoms with Crippen molar-refractivity contribution in [2.45, 2.75) is 348 Å². The van der Waals surface area contributed by atoms with Gasteiger partial charge in [-0.3, -0.25) is 18.6 Å². The molecule has 0 heterocycles. The Morgan fingerprint density at radius 1 is 0.391 bits per heavy atom. The van der Waals surface area contributed by atoms with E-state index < -0.39 is 20.0 Å². The van der Waals surface area contributed by atoms with Crippen molar-refractivity contribution in [2.75, 3.05) is 40.9 Å². The minimum atomic E-state index is -4.47. The number of esters is 1. The Bertz CT molecular complexity index is 1990. The van der Waals surface area contributed by atoms with Crippen molar-refractivity contribution in [3.05, 3.63) is 122 Å². The van der Waals surface area contributed by atoms with E-state index in [1.54, 1.807) is 0 Å². The van der Waals surface area contributed by atoms with E-state index in [9.17, 15) is 19.0 Å². The number of ether oxygens (including phenoxy) is 1. The maximum absolute atomic E-state index is 13.7. The number of carbonyl (C=O) groups excluding carboxylic acids is 2. The Hall–Kier alpha value is -3.59. The van der Waals surface area contributed by atoms with E-state index in [0.29, 0.717) is 17.4 Å². The van der Waals surface area contributed by atoms with Gasteiger partial charge in [-0.05, 0) is 122 Å². The summed E-state index contributed by atoms with van der Waals surface area (Å²) in [6.07, 6.45) is 99.3. The fourth-order valence-corrected chi connectivity index (χ4v) is 11.5. The van der Waals surface area contributed by atoms with Crippen molar-refractivity contribution in [3.8, 4) is 0 Å². The highest BCUT2D eigenvalue weighted by molar-refractivity contribution is 7.47. The Balaban J connectivity index is 4.99. The quantitative estimate of drug-likeness (QED) is 0.0205. The number of quaternary nitrogens is 1. The van der Waals surface area contributed by atoms with Crippen molar-refractivity contribution in [2.24, 2.45) is 0 Å². The van der Waals surface area contributed by atoms with Crippen LogP contribution in [0.4, 0.5) is 0 Å². The molecule has 0 fully saturated rings. The minimum absolute atomic E-state index is 0.0345. The lowest BCUT2D eigenvalue weighted by Crippen LogP contribution is -2.47. The monoisotopic (exact) mass is 1300 g/mol. The predicted octanol–water partition coefficient (Wildman–Crippen LogP) is 25.0. The molecule has 0 aromatic carbocycles. The number of allylic oxidation sites excluding steroid dienone is 19. The molecule has 0 aromatic heterocycles. The Morgan fingerprint density at radius 3 is 1.07 bits per heavy atom. The molecule has 9 nitrogen and oxygen atoms in total. The SMILES string of the molecule is CC/C=C\C/C=C\C/C=C\C/C=C\C/C=C\CCCCCCCCCCCCCC(=O)NC(COP(=O)(O)OCC[N+](C)(C)C)C(/C=C/CCCCCCCCCCCC)OC(=O)CCCCCCCCCCCCC/C=C\C/C=C\C/C=C\C/C=C\CCCCC. The highest BCUT2D eigenvalue weighted by atomic mass is 31.2. The molecule has 0 rings (SSSR count). The molecule has 0 bridgehead atoms. The van der Waals surface area contributed by atoms with Crippen LogP contribution >= 0.6 is 7.82 Å². The molecule has 3 unspecified atom stereocenters. The summed E-state index contributed by atoms with van der Waals surface area (Å²) in [6.45, 7) is 6.89. The maximum Gasteiger partial charge on any atom is 0.472 e. The van der Waals surface area contributed by atoms with Crippen LogP contribution in [0.15, 0.2) is 122 Å². The van der Waals surface area contributed by atoms with Gasteiger partial charge in [-0.15, -0.1) is 0 Å². The van der Waals surface area contributed by atoms with Crippen LogP contribution in [-0.4, -0.2) is 74.3 Å². The van der Waals surface area contributed by atoms with E-state index in [0.717, 1.165) is 109 Å². The van der Waals surface area contributed by atoms with Gasteiger partial charge in [0.15, 0.2) is 0 Å². The second kappa shape index (κ2) is 70.2. The van der Waals surface area contributed by atoms with E-state index in [1.165, 1.54) is 193 Å². The second-order valence-electron chi connectivity index (χ2n) is 26.8. The van der Waals surface area contributed by atoms with E-state index in [2.05, 4.69) is 135 Å². The van der Waals surface area contributed by atoms with Gasteiger partial charge in [0.25, 0.3) is 0 Å². The summed E-state index contributed by atoms with van der Waals surface area (Å²) in [5.74, 6) is -0.509.